The summed E-state index contributed by atoms with van der Waals surface area (Å²) in [6.07, 6.45) is 2.76. The van der Waals surface area contributed by atoms with E-state index >= 15 is 0 Å². The molecule has 2 amide bonds. The van der Waals surface area contributed by atoms with Crippen molar-refractivity contribution in [3.8, 4) is 0 Å². The number of hydrogen-bond acceptors (Lipinski definition) is 3. The number of rotatable bonds is 4. The number of carbonyl (C=O) groups is 2. The fourth-order valence-corrected chi connectivity index (χ4v) is 3.30. The van der Waals surface area contributed by atoms with Gasteiger partial charge in [-0.2, -0.15) is 0 Å². The van der Waals surface area contributed by atoms with E-state index in [0.717, 1.165) is 23.1 Å². The third kappa shape index (κ3) is 2.94. The molecule has 1 atom stereocenters. The minimum atomic E-state index is -0.380. The second-order valence-corrected chi connectivity index (χ2v) is 6.50. The molecular formula is C20H20N4O2. The highest BCUT2D eigenvalue weighted by atomic mass is 16.2. The lowest BCUT2D eigenvalue weighted by Gasteiger charge is -2.17. The molecule has 132 valence electrons. The van der Waals surface area contributed by atoms with Gasteiger partial charge in [-0.15, -0.1) is 0 Å². The molecular weight excluding hydrogens is 328 g/mol. The van der Waals surface area contributed by atoms with Crippen molar-refractivity contribution in [1.29, 1.82) is 0 Å². The van der Waals surface area contributed by atoms with E-state index in [1.54, 1.807) is 15.9 Å². The van der Waals surface area contributed by atoms with Gasteiger partial charge in [0, 0.05) is 18.7 Å². The molecule has 0 spiro atoms. The van der Waals surface area contributed by atoms with E-state index in [0.29, 0.717) is 6.54 Å². The zero-order valence-electron chi connectivity index (χ0n) is 14.6. The van der Waals surface area contributed by atoms with Crippen LogP contribution in [-0.4, -0.2) is 28.0 Å². The number of aryl methyl sites for hydroxylation is 1. The Morgan fingerprint density at radius 3 is 2.73 bits per heavy atom. The largest absolute Gasteiger partial charge is 0.312 e. The van der Waals surface area contributed by atoms with E-state index in [4.69, 9.17) is 0 Å². The van der Waals surface area contributed by atoms with Gasteiger partial charge in [-0.1, -0.05) is 31.2 Å². The molecule has 26 heavy (non-hydrogen) atoms. The normalized spacial score (nSPS) is 17.0. The number of imidazole rings is 1. The van der Waals surface area contributed by atoms with Crippen molar-refractivity contribution in [1.82, 2.24) is 9.66 Å². The molecule has 0 aliphatic carbocycles. The van der Waals surface area contributed by atoms with Crippen LogP contribution in [-0.2, 0) is 16.0 Å². The number of benzene rings is 2. The highest BCUT2D eigenvalue weighted by Gasteiger charge is 2.35. The van der Waals surface area contributed by atoms with Crippen LogP contribution < -0.4 is 10.3 Å². The van der Waals surface area contributed by atoms with Gasteiger partial charge in [0.05, 0.1) is 17.0 Å². The van der Waals surface area contributed by atoms with E-state index in [-0.39, 0.29) is 24.2 Å². The summed E-state index contributed by atoms with van der Waals surface area (Å²) in [4.78, 5) is 31.0. The number of fused-ring (bicyclic) bond motifs is 1. The van der Waals surface area contributed by atoms with E-state index in [1.807, 2.05) is 48.5 Å². The van der Waals surface area contributed by atoms with E-state index in [1.165, 1.54) is 5.56 Å². The van der Waals surface area contributed by atoms with Crippen molar-refractivity contribution in [2.75, 3.05) is 16.9 Å². The summed E-state index contributed by atoms with van der Waals surface area (Å²) >= 11 is 0. The van der Waals surface area contributed by atoms with Gasteiger partial charge in [0.15, 0.2) is 0 Å². The van der Waals surface area contributed by atoms with Crippen LogP contribution in [0.4, 0.5) is 5.69 Å². The third-order valence-electron chi connectivity index (χ3n) is 4.84. The highest BCUT2D eigenvalue weighted by molar-refractivity contribution is 6.02. The zero-order valence-corrected chi connectivity index (χ0v) is 14.6. The van der Waals surface area contributed by atoms with Gasteiger partial charge < -0.3 is 4.90 Å². The van der Waals surface area contributed by atoms with Crippen molar-refractivity contribution in [3.63, 3.8) is 0 Å². The lowest BCUT2D eigenvalue weighted by Crippen LogP contribution is -2.31. The molecule has 0 radical (unpaired) electrons. The fraction of sp³-hybridized carbons (Fsp3) is 0.250. The number of aromatic nitrogens is 2. The van der Waals surface area contributed by atoms with Crippen LogP contribution in [0.2, 0.25) is 0 Å². The Morgan fingerprint density at radius 2 is 1.96 bits per heavy atom. The molecule has 1 aliphatic rings. The molecule has 1 N–H and O–H groups in total. The van der Waals surface area contributed by atoms with Gasteiger partial charge in [0.25, 0.3) is 0 Å². The molecule has 1 aromatic heterocycles. The highest BCUT2D eigenvalue weighted by Crippen LogP contribution is 2.26. The number of nitrogens with zero attached hydrogens (tertiary/aromatic N) is 3. The first-order chi connectivity index (χ1) is 12.7. The van der Waals surface area contributed by atoms with Crippen LogP contribution in [0.25, 0.3) is 11.0 Å². The number of hydrogen-bond donors (Lipinski definition) is 1. The minimum absolute atomic E-state index is 0.0233. The van der Waals surface area contributed by atoms with E-state index in [2.05, 4.69) is 17.3 Å². The zero-order chi connectivity index (χ0) is 18.1. The third-order valence-corrected chi connectivity index (χ3v) is 4.84. The van der Waals surface area contributed by atoms with E-state index in [9.17, 15) is 9.59 Å². The van der Waals surface area contributed by atoms with Crippen LogP contribution in [0.15, 0.2) is 54.9 Å². The SMILES string of the molecule is CCc1ccc(N2CC(C(=O)Nn3cnc4ccccc43)CC2=O)cc1. The molecule has 3 aromatic rings. The molecule has 1 fully saturated rings. The lowest BCUT2D eigenvalue weighted by atomic mass is 10.1. The molecule has 0 saturated carbocycles. The first kappa shape index (κ1) is 16.3. The molecule has 0 bridgehead atoms. The summed E-state index contributed by atoms with van der Waals surface area (Å²) in [6.45, 7) is 2.49. The molecule has 6 heteroatoms. The van der Waals surface area contributed by atoms with Crippen molar-refractivity contribution in [2.45, 2.75) is 19.8 Å². The average molecular weight is 348 g/mol. The Morgan fingerprint density at radius 1 is 1.19 bits per heavy atom. The Hall–Kier alpha value is -3.15. The number of anilines is 1. The van der Waals surface area contributed by atoms with Gasteiger partial charge in [0.2, 0.25) is 11.8 Å². The summed E-state index contributed by atoms with van der Waals surface area (Å²) in [7, 11) is 0. The summed E-state index contributed by atoms with van der Waals surface area (Å²) in [5.74, 6) is -0.575. The summed E-state index contributed by atoms with van der Waals surface area (Å²) < 4.78 is 1.61. The minimum Gasteiger partial charge on any atom is -0.312 e. The van der Waals surface area contributed by atoms with Gasteiger partial charge >= 0.3 is 0 Å². The Kier molecular flexibility index (Phi) is 4.16. The van der Waals surface area contributed by atoms with Crippen molar-refractivity contribution in [2.24, 2.45) is 5.92 Å². The first-order valence-corrected chi connectivity index (χ1v) is 8.78. The maximum absolute atomic E-state index is 12.6. The predicted octanol–water partition coefficient (Wildman–Crippen LogP) is 2.72. The Bertz CT molecular complexity index is 961. The standard InChI is InChI=1S/C20H20N4O2/c1-2-14-7-9-16(10-8-14)23-12-15(11-19(23)25)20(26)22-24-13-21-17-5-3-4-6-18(17)24/h3-10,13,15H,2,11-12H2,1H3,(H,22,26). The van der Waals surface area contributed by atoms with Gasteiger partial charge in [-0.3, -0.25) is 15.0 Å². The second kappa shape index (κ2) is 6.63. The second-order valence-electron chi connectivity index (χ2n) is 6.50. The first-order valence-electron chi connectivity index (χ1n) is 8.78. The fourth-order valence-electron chi connectivity index (χ4n) is 3.30. The predicted molar refractivity (Wildman–Crippen MR) is 100 cm³/mol. The average Bonchev–Trinajstić information content (AvgIpc) is 3.26. The van der Waals surface area contributed by atoms with Crippen LogP contribution in [0, 0.1) is 5.92 Å². The summed E-state index contributed by atoms with van der Waals surface area (Å²) in [5, 5.41) is 0. The molecule has 1 unspecified atom stereocenters. The van der Waals surface area contributed by atoms with Crippen molar-refractivity contribution >= 4 is 28.5 Å². The molecule has 4 rings (SSSR count). The monoisotopic (exact) mass is 348 g/mol. The summed E-state index contributed by atoms with van der Waals surface area (Å²) in [6, 6.07) is 15.5. The number of nitrogens with one attached hydrogen (secondary N) is 1. The van der Waals surface area contributed by atoms with Crippen LogP contribution in [0.3, 0.4) is 0 Å². The maximum atomic E-state index is 12.6. The van der Waals surface area contributed by atoms with Crippen LogP contribution >= 0.6 is 0 Å². The molecule has 6 nitrogen and oxygen atoms in total. The number of para-hydroxylation sites is 2. The molecule has 1 saturated heterocycles. The van der Waals surface area contributed by atoms with Gasteiger partial charge in [-0.25, -0.2) is 9.66 Å². The Labute approximate surface area is 151 Å². The Balaban J connectivity index is 1.48. The molecule has 2 aromatic carbocycles. The van der Waals surface area contributed by atoms with Crippen molar-refractivity contribution < 1.29 is 9.59 Å². The van der Waals surface area contributed by atoms with E-state index < -0.39 is 0 Å². The maximum Gasteiger partial charge on any atom is 0.244 e. The lowest BCUT2D eigenvalue weighted by molar-refractivity contribution is -0.123. The van der Waals surface area contributed by atoms with Crippen LogP contribution in [0.1, 0.15) is 18.9 Å². The number of carbonyl (C=O) groups excluding carboxylic acids is 2. The quantitative estimate of drug-likeness (QED) is 0.788. The smallest absolute Gasteiger partial charge is 0.244 e. The number of amides is 2. The van der Waals surface area contributed by atoms with Gasteiger partial charge in [0.1, 0.15) is 6.33 Å². The topological polar surface area (TPSA) is 67.2 Å². The van der Waals surface area contributed by atoms with Crippen molar-refractivity contribution in [3.05, 3.63) is 60.4 Å². The molecule has 1 aliphatic heterocycles. The summed E-state index contributed by atoms with van der Waals surface area (Å²) in [5.41, 5.74) is 6.56. The van der Waals surface area contributed by atoms with Crippen LogP contribution in [0.5, 0.6) is 0 Å². The molecule has 2 heterocycles. The van der Waals surface area contributed by atoms with Gasteiger partial charge in [-0.05, 0) is 36.2 Å².